The highest BCUT2D eigenvalue weighted by Gasteiger charge is 2.10. The van der Waals surface area contributed by atoms with Crippen LogP contribution in [0.1, 0.15) is 5.69 Å². The number of para-hydroxylation sites is 1. The van der Waals surface area contributed by atoms with Crippen LogP contribution >= 0.6 is 0 Å². The standard InChI is InChI=1S/C11H12N3.HI/c1-3-10-9-14(12-13(10)2)11-7-5-4-6-8-11;/h3-9H,1H2,2H3;1H/q+1;/p-1. The van der Waals surface area contributed by atoms with Crippen molar-refractivity contribution in [3.05, 3.63) is 48.8 Å². The van der Waals surface area contributed by atoms with E-state index in [0.717, 1.165) is 11.4 Å². The van der Waals surface area contributed by atoms with Gasteiger partial charge < -0.3 is 24.0 Å². The summed E-state index contributed by atoms with van der Waals surface area (Å²) in [5.74, 6) is 0. The van der Waals surface area contributed by atoms with Gasteiger partial charge in [-0.1, -0.05) is 24.8 Å². The number of hydrogen-bond donors (Lipinski definition) is 0. The van der Waals surface area contributed by atoms with E-state index in [4.69, 9.17) is 0 Å². The Hall–Kier alpha value is -1.17. The molecule has 0 N–H and O–H groups in total. The van der Waals surface area contributed by atoms with Crippen LogP contribution in [-0.2, 0) is 7.05 Å². The zero-order valence-corrected chi connectivity index (χ0v) is 10.6. The van der Waals surface area contributed by atoms with E-state index in [-0.39, 0.29) is 24.0 Å². The van der Waals surface area contributed by atoms with Crippen LogP contribution in [0.25, 0.3) is 11.8 Å². The Labute approximate surface area is 106 Å². The molecule has 0 aliphatic rings. The van der Waals surface area contributed by atoms with E-state index in [9.17, 15) is 0 Å². The number of benzene rings is 1. The number of halogens is 1. The lowest BCUT2D eigenvalue weighted by Crippen LogP contribution is -3.00. The van der Waals surface area contributed by atoms with Crippen LogP contribution in [0.15, 0.2) is 43.1 Å². The van der Waals surface area contributed by atoms with Gasteiger partial charge in [0.1, 0.15) is 7.05 Å². The molecule has 0 radical (unpaired) electrons. The van der Waals surface area contributed by atoms with Crippen LogP contribution < -0.4 is 28.7 Å². The van der Waals surface area contributed by atoms with Gasteiger partial charge >= 0.3 is 0 Å². The van der Waals surface area contributed by atoms with Crippen LogP contribution in [0, 0.1) is 0 Å². The molecule has 1 heterocycles. The predicted molar refractivity (Wildman–Crippen MR) is 54.8 cm³/mol. The minimum atomic E-state index is 0. The average molecular weight is 313 g/mol. The van der Waals surface area contributed by atoms with E-state index in [1.165, 1.54) is 0 Å². The second-order valence-electron chi connectivity index (χ2n) is 3.05. The molecule has 2 aromatic rings. The maximum Gasteiger partial charge on any atom is 0.190 e. The fourth-order valence-corrected chi connectivity index (χ4v) is 1.32. The van der Waals surface area contributed by atoms with Gasteiger partial charge in [-0.3, -0.25) is 0 Å². The third kappa shape index (κ3) is 2.44. The summed E-state index contributed by atoms with van der Waals surface area (Å²) in [6.45, 7) is 3.72. The van der Waals surface area contributed by atoms with Crippen molar-refractivity contribution in [3.63, 3.8) is 0 Å². The Balaban J connectivity index is 0.00000112. The van der Waals surface area contributed by atoms with Crippen molar-refractivity contribution in [2.24, 2.45) is 7.05 Å². The molecule has 0 saturated carbocycles. The van der Waals surface area contributed by atoms with Crippen molar-refractivity contribution < 1.29 is 28.7 Å². The van der Waals surface area contributed by atoms with Crippen LogP contribution in [-0.4, -0.2) is 9.90 Å². The number of hydrogen-bond acceptors (Lipinski definition) is 1. The molecule has 0 fully saturated rings. The number of aromatic nitrogens is 3. The summed E-state index contributed by atoms with van der Waals surface area (Å²) in [7, 11) is 1.90. The molecular weight excluding hydrogens is 301 g/mol. The number of nitrogens with zero attached hydrogens (tertiary/aromatic N) is 3. The Kier molecular flexibility index (Phi) is 4.02. The largest absolute Gasteiger partial charge is 1.00 e. The fourth-order valence-electron chi connectivity index (χ4n) is 1.32. The molecule has 78 valence electrons. The molecule has 0 aliphatic heterocycles. The molecule has 1 aromatic carbocycles. The highest BCUT2D eigenvalue weighted by molar-refractivity contribution is 5.38. The van der Waals surface area contributed by atoms with Crippen molar-refractivity contribution in [2.45, 2.75) is 0 Å². The molecule has 0 amide bonds. The molecule has 0 atom stereocenters. The summed E-state index contributed by atoms with van der Waals surface area (Å²) in [6.07, 6.45) is 3.73. The summed E-state index contributed by atoms with van der Waals surface area (Å²) in [5.41, 5.74) is 2.05. The van der Waals surface area contributed by atoms with Crippen molar-refractivity contribution in [1.29, 1.82) is 0 Å². The molecule has 0 saturated heterocycles. The lowest BCUT2D eigenvalue weighted by Gasteiger charge is -1.89. The van der Waals surface area contributed by atoms with Crippen LogP contribution in [0.4, 0.5) is 0 Å². The third-order valence-corrected chi connectivity index (χ3v) is 2.09. The van der Waals surface area contributed by atoms with E-state index in [1.54, 1.807) is 10.8 Å². The fraction of sp³-hybridized carbons (Fsp3) is 0.0909. The minimum absolute atomic E-state index is 0. The lowest BCUT2D eigenvalue weighted by molar-refractivity contribution is -0.733. The molecule has 3 nitrogen and oxygen atoms in total. The first-order valence-corrected chi connectivity index (χ1v) is 4.45. The van der Waals surface area contributed by atoms with Crippen molar-refractivity contribution in [3.8, 4) is 5.69 Å². The first kappa shape index (κ1) is 11.9. The van der Waals surface area contributed by atoms with E-state index in [2.05, 4.69) is 11.8 Å². The Bertz CT molecular complexity index is 448. The first-order chi connectivity index (χ1) is 6.81. The molecule has 0 aliphatic carbocycles. The zero-order chi connectivity index (χ0) is 9.97. The van der Waals surface area contributed by atoms with E-state index in [1.807, 2.05) is 48.3 Å². The van der Waals surface area contributed by atoms with Gasteiger partial charge in [-0.05, 0) is 18.2 Å². The van der Waals surface area contributed by atoms with Gasteiger partial charge in [-0.2, -0.15) is 0 Å². The SMILES string of the molecule is C=Cc1cn(-c2ccccc2)n[n+]1C.[I-]. The molecule has 0 unspecified atom stereocenters. The van der Waals surface area contributed by atoms with Crippen molar-refractivity contribution in [2.75, 3.05) is 0 Å². The summed E-state index contributed by atoms with van der Waals surface area (Å²) < 4.78 is 3.62. The molecular formula is C11H12IN3. The molecule has 0 spiro atoms. The molecule has 4 heteroatoms. The second kappa shape index (κ2) is 5.06. The summed E-state index contributed by atoms with van der Waals surface area (Å²) in [6, 6.07) is 10.00. The number of aryl methyl sites for hydroxylation is 1. The van der Waals surface area contributed by atoms with Crippen LogP contribution in [0.5, 0.6) is 0 Å². The highest BCUT2D eigenvalue weighted by Crippen LogP contribution is 2.04. The predicted octanol–water partition coefficient (Wildman–Crippen LogP) is -1.66. The van der Waals surface area contributed by atoms with Crippen LogP contribution in [0.2, 0.25) is 0 Å². The third-order valence-electron chi connectivity index (χ3n) is 2.09. The van der Waals surface area contributed by atoms with Crippen molar-refractivity contribution in [1.82, 2.24) is 9.90 Å². The van der Waals surface area contributed by atoms with E-state index in [0.29, 0.717) is 0 Å². The first-order valence-electron chi connectivity index (χ1n) is 4.45. The maximum atomic E-state index is 4.31. The smallest absolute Gasteiger partial charge is 0.190 e. The van der Waals surface area contributed by atoms with E-state index < -0.39 is 0 Å². The van der Waals surface area contributed by atoms with Crippen LogP contribution in [0.3, 0.4) is 0 Å². The van der Waals surface area contributed by atoms with Gasteiger partial charge in [0.2, 0.25) is 0 Å². The maximum absolute atomic E-state index is 4.31. The molecule has 0 bridgehead atoms. The molecule has 2 rings (SSSR count). The number of rotatable bonds is 2. The molecule has 15 heavy (non-hydrogen) atoms. The van der Waals surface area contributed by atoms with Gasteiger partial charge in [0.25, 0.3) is 0 Å². The second-order valence-corrected chi connectivity index (χ2v) is 3.05. The summed E-state index contributed by atoms with van der Waals surface area (Å²) >= 11 is 0. The highest BCUT2D eigenvalue weighted by atomic mass is 127. The summed E-state index contributed by atoms with van der Waals surface area (Å²) in [5, 5.41) is 4.31. The van der Waals surface area contributed by atoms with Gasteiger partial charge in [0.05, 0.1) is 5.21 Å². The average Bonchev–Trinajstić information content (AvgIpc) is 2.61. The van der Waals surface area contributed by atoms with Gasteiger partial charge in [0.15, 0.2) is 17.6 Å². The normalized spacial score (nSPS) is 9.40. The van der Waals surface area contributed by atoms with E-state index >= 15 is 0 Å². The van der Waals surface area contributed by atoms with Gasteiger partial charge in [0, 0.05) is 0 Å². The van der Waals surface area contributed by atoms with Gasteiger partial charge in [-0.15, -0.1) is 9.36 Å². The monoisotopic (exact) mass is 313 g/mol. The molecule has 1 aromatic heterocycles. The zero-order valence-electron chi connectivity index (χ0n) is 8.47. The van der Waals surface area contributed by atoms with Crippen molar-refractivity contribution >= 4 is 6.08 Å². The summed E-state index contributed by atoms with van der Waals surface area (Å²) in [4.78, 5) is 0. The Morgan fingerprint density at radius 3 is 2.53 bits per heavy atom. The lowest BCUT2D eigenvalue weighted by atomic mass is 10.3. The quantitative estimate of drug-likeness (QED) is 0.481. The minimum Gasteiger partial charge on any atom is -1.00 e. The van der Waals surface area contributed by atoms with Gasteiger partial charge in [-0.25, -0.2) is 0 Å². The Morgan fingerprint density at radius 2 is 2.00 bits per heavy atom. The Morgan fingerprint density at radius 1 is 1.33 bits per heavy atom. The topological polar surface area (TPSA) is 21.7 Å².